The van der Waals surface area contributed by atoms with Crippen LogP contribution in [0.1, 0.15) is 12.6 Å². The van der Waals surface area contributed by atoms with E-state index in [1.54, 1.807) is 13.2 Å². The third kappa shape index (κ3) is 4.12. The van der Waals surface area contributed by atoms with Crippen LogP contribution >= 0.6 is 11.6 Å². The highest BCUT2D eigenvalue weighted by Gasteiger charge is 2.09. The molecule has 0 unspecified atom stereocenters. The SMILES string of the molecule is CCN(CC(=O)NC)Cc1cnc(Cl)cn1. The second kappa shape index (κ2) is 6.40. The van der Waals surface area contributed by atoms with E-state index in [9.17, 15) is 4.79 Å². The summed E-state index contributed by atoms with van der Waals surface area (Å²) in [6.07, 6.45) is 3.12. The van der Waals surface area contributed by atoms with Crippen molar-refractivity contribution in [2.75, 3.05) is 20.1 Å². The Balaban J connectivity index is 2.56. The van der Waals surface area contributed by atoms with Crippen molar-refractivity contribution in [1.29, 1.82) is 0 Å². The first-order valence-corrected chi connectivity index (χ1v) is 5.42. The molecule has 16 heavy (non-hydrogen) atoms. The molecule has 0 aliphatic rings. The van der Waals surface area contributed by atoms with Crippen LogP contribution in [-0.4, -0.2) is 40.9 Å². The van der Waals surface area contributed by atoms with Crippen LogP contribution in [0.4, 0.5) is 0 Å². The average Bonchev–Trinajstić information content (AvgIpc) is 2.30. The van der Waals surface area contributed by atoms with Gasteiger partial charge in [-0.3, -0.25) is 14.7 Å². The van der Waals surface area contributed by atoms with E-state index in [1.165, 1.54) is 6.20 Å². The fourth-order valence-electron chi connectivity index (χ4n) is 1.21. The summed E-state index contributed by atoms with van der Waals surface area (Å²) in [4.78, 5) is 21.3. The van der Waals surface area contributed by atoms with E-state index >= 15 is 0 Å². The molecule has 1 heterocycles. The molecule has 5 nitrogen and oxygen atoms in total. The third-order valence-corrected chi connectivity index (χ3v) is 2.35. The van der Waals surface area contributed by atoms with E-state index in [-0.39, 0.29) is 5.91 Å². The molecule has 1 amide bonds. The normalized spacial score (nSPS) is 10.5. The summed E-state index contributed by atoms with van der Waals surface area (Å²) in [6.45, 7) is 3.72. The summed E-state index contributed by atoms with van der Waals surface area (Å²) in [6, 6.07) is 0. The molecule has 1 N–H and O–H groups in total. The lowest BCUT2D eigenvalue weighted by atomic mass is 10.3. The van der Waals surface area contributed by atoms with Crippen molar-refractivity contribution in [3.8, 4) is 0 Å². The van der Waals surface area contributed by atoms with Gasteiger partial charge in [0.25, 0.3) is 0 Å². The van der Waals surface area contributed by atoms with Crippen LogP contribution in [0.15, 0.2) is 12.4 Å². The number of carbonyl (C=O) groups is 1. The molecule has 1 aromatic rings. The highest BCUT2D eigenvalue weighted by Crippen LogP contribution is 2.04. The lowest BCUT2D eigenvalue weighted by Gasteiger charge is -2.18. The van der Waals surface area contributed by atoms with Gasteiger partial charge >= 0.3 is 0 Å². The topological polar surface area (TPSA) is 58.1 Å². The Morgan fingerprint density at radius 1 is 1.50 bits per heavy atom. The Morgan fingerprint density at radius 2 is 2.25 bits per heavy atom. The first kappa shape index (κ1) is 12.9. The number of nitrogens with one attached hydrogen (secondary N) is 1. The minimum atomic E-state index is -0.0104. The quantitative estimate of drug-likeness (QED) is 0.826. The first-order valence-electron chi connectivity index (χ1n) is 5.05. The number of rotatable bonds is 5. The van der Waals surface area contributed by atoms with Crippen LogP contribution in [0.5, 0.6) is 0 Å². The highest BCUT2D eigenvalue weighted by atomic mass is 35.5. The van der Waals surface area contributed by atoms with Gasteiger partial charge in [0.05, 0.1) is 24.6 Å². The van der Waals surface area contributed by atoms with Gasteiger partial charge in [-0.15, -0.1) is 0 Å². The second-order valence-corrected chi connectivity index (χ2v) is 3.69. The average molecular weight is 243 g/mol. The lowest BCUT2D eigenvalue weighted by Crippen LogP contribution is -2.35. The van der Waals surface area contributed by atoms with Gasteiger partial charge in [-0.1, -0.05) is 18.5 Å². The number of carbonyl (C=O) groups excluding carboxylic acids is 1. The number of hydrogen-bond acceptors (Lipinski definition) is 4. The van der Waals surface area contributed by atoms with E-state index in [2.05, 4.69) is 15.3 Å². The first-order chi connectivity index (χ1) is 7.65. The molecule has 0 radical (unpaired) electrons. The predicted molar refractivity (Wildman–Crippen MR) is 62.1 cm³/mol. The molecule has 0 aliphatic carbocycles. The number of nitrogens with zero attached hydrogens (tertiary/aromatic N) is 3. The molecule has 0 bridgehead atoms. The molecular weight excluding hydrogens is 228 g/mol. The van der Waals surface area contributed by atoms with Crippen molar-refractivity contribution < 1.29 is 4.79 Å². The van der Waals surface area contributed by atoms with Crippen molar-refractivity contribution in [2.45, 2.75) is 13.5 Å². The van der Waals surface area contributed by atoms with Crippen molar-refractivity contribution >= 4 is 17.5 Å². The predicted octanol–water partition coefficient (Wildman–Crippen LogP) is 0.698. The standard InChI is InChI=1S/C10H15ClN4O/c1-3-15(7-10(16)12-2)6-8-4-14-9(11)5-13-8/h4-5H,3,6-7H2,1-2H3,(H,12,16). The fourth-order valence-corrected chi connectivity index (χ4v) is 1.31. The summed E-state index contributed by atoms with van der Waals surface area (Å²) in [7, 11) is 1.62. The number of halogens is 1. The smallest absolute Gasteiger partial charge is 0.233 e. The largest absolute Gasteiger partial charge is 0.358 e. The van der Waals surface area contributed by atoms with E-state index in [0.29, 0.717) is 18.2 Å². The molecule has 0 spiro atoms. The summed E-state index contributed by atoms with van der Waals surface area (Å²) < 4.78 is 0. The van der Waals surface area contributed by atoms with Crippen LogP contribution in [-0.2, 0) is 11.3 Å². The molecule has 1 aromatic heterocycles. The van der Waals surface area contributed by atoms with E-state index in [1.807, 2.05) is 11.8 Å². The van der Waals surface area contributed by atoms with Crippen LogP contribution in [0, 0.1) is 0 Å². The maximum absolute atomic E-state index is 11.2. The monoisotopic (exact) mass is 242 g/mol. The molecule has 6 heteroatoms. The number of amides is 1. The Kier molecular flexibility index (Phi) is 5.14. The number of hydrogen-bond donors (Lipinski definition) is 1. The second-order valence-electron chi connectivity index (χ2n) is 3.31. The van der Waals surface area contributed by atoms with Crippen LogP contribution in [0.2, 0.25) is 5.15 Å². The van der Waals surface area contributed by atoms with Gasteiger partial charge in [-0.25, -0.2) is 4.98 Å². The fraction of sp³-hybridized carbons (Fsp3) is 0.500. The van der Waals surface area contributed by atoms with Gasteiger partial charge in [0.15, 0.2) is 0 Å². The van der Waals surface area contributed by atoms with Gasteiger partial charge in [-0.05, 0) is 6.54 Å². The maximum Gasteiger partial charge on any atom is 0.233 e. The third-order valence-electron chi connectivity index (χ3n) is 2.15. The van der Waals surface area contributed by atoms with Gasteiger partial charge in [0, 0.05) is 13.6 Å². The van der Waals surface area contributed by atoms with E-state index in [0.717, 1.165) is 12.2 Å². The zero-order chi connectivity index (χ0) is 12.0. The number of likely N-dealkylation sites (N-methyl/N-ethyl adjacent to an activating group) is 2. The molecule has 0 aromatic carbocycles. The van der Waals surface area contributed by atoms with Gasteiger partial charge in [-0.2, -0.15) is 0 Å². The van der Waals surface area contributed by atoms with Crippen LogP contribution in [0.3, 0.4) is 0 Å². The minimum absolute atomic E-state index is 0.0104. The van der Waals surface area contributed by atoms with Gasteiger partial charge in [0.1, 0.15) is 5.15 Å². The zero-order valence-electron chi connectivity index (χ0n) is 9.40. The summed E-state index contributed by atoms with van der Waals surface area (Å²) in [5.74, 6) is -0.0104. The zero-order valence-corrected chi connectivity index (χ0v) is 10.2. The molecule has 0 atom stereocenters. The van der Waals surface area contributed by atoms with E-state index in [4.69, 9.17) is 11.6 Å². The Hall–Kier alpha value is -1.20. The summed E-state index contributed by atoms with van der Waals surface area (Å²) in [5, 5.41) is 2.96. The summed E-state index contributed by atoms with van der Waals surface area (Å²) >= 11 is 5.64. The van der Waals surface area contributed by atoms with Crippen molar-refractivity contribution in [2.24, 2.45) is 0 Å². The highest BCUT2D eigenvalue weighted by molar-refractivity contribution is 6.29. The maximum atomic E-state index is 11.2. The van der Waals surface area contributed by atoms with E-state index < -0.39 is 0 Å². The van der Waals surface area contributed by atoms with Crippen LogP contribution in [0.25, 0.3) is 0 Å². The Morgan fingerprint density at radius 3 is 2.75 bits per heavy atom. The molecule has 0 aliphatic heterocycles. The molecule has 0 saturated heterocycles. The van der Waals surface area contributed by atoms with Gasteiger partial charge < -0.3 is 5.32 Å². The molecular formula is C10H15ClN4O. The molecule has 0 fully saturated rings. The molecule has 0 saturated carbocycles. The van der Waals surface area contributed by atoms with Crippen LogP contribution < -0.4 is 5.32 Å². The van der Waals surface area contributed by atoms with Gasteiger partial charge in [0.2, 0.25) is 5.91 Å². The Bertz CT molecular complexity index is 341. The molecule has 1 rings (SSSR count). The van der Waals surface area contributed by atoms with Crippen molar-refractivity contribution in [3.05, 3.63) is 23.2 Å². The van der Waals surface area contributed by atoms with Crippen molar-refractivity contribution in [1.82, 2.24) is 20.2 Å². The molecule has 88 valence electrons. The summed E-state index contributed by atoms with van der Waals surface area (Å²) in [5.41, 5.74) is 0.801. The minimum Gasteiger partial charge on any atom is -0.358 e. The Labute approximate surface area is 99.8 Å². The number of aromatic nitrogens is 2. The van der Waals surface area contributed by atoms with Crippen molar-refractivity contribution in [3.63, 3.8) is 0 Å². The lowest BCUT2D eigenvalue weighted by molar-refractivity contribution is -0.121.